The molecule has 1 aliphatic carbocycles. The second-order valence-corrected chi connectivity index (χ2v) is 12.3. The van der Waals surface area contributed by atoms with Gasteiger partial charge in [-0.2, -0.15) is 13.2 Å². The molecule has 8 nitrogen and oxygen atoms in total. The van der Waals surface area contributed by atoms with E-state index in [1.165, 1.54) is 12.1 Å². The van der Waals surface area contributed by atoms with Crippen molar-refractivity contribution in [3.8, 4) is 5.75 Å². The molecule has 1 saturated heterocycles. The molecule has 3 aromatic heterocycles. The number of piperidine rings is 1. The van der Waals surface area contributed by atoms with Crippen LogP contribution < -0.4 is 4.74 Å². The second-order valence-electron chi connectivity index (χ2n) is 11.2. The van der Waals surface area contributed by atoms with E-state index in [1.54, 1.807) is 12.5 Å². The number of nitrogens with one attached hydrogen (secondary N) is 1. The van der Waals surface area contributed by atoms with Crippen LogP contribution in [0.2, 0.25) is 0 Å². The lowest BCUT2D eigenvalue weighted by atomic mass is 9.79. The molecular formula is C29H32F3N5O3S. The number of ether oxygens (including phenoxy) is 1. The third kappa shape index (κ3) is 5.90. The van der Waals surface area contributed by atoms with Gasteiger partial charge in [-0.25, -0.2) is 23.4 Å². The first-order valence-corrected chi connectivity index (χ1v) is 15.3. The molecule has 0 amide bonds. The minimum Gasteiger partial charge on any atom is -0.493 e. The predicted molar refractivity (Wildman–Crippen MR) is 149 cm³/mol. The topological polar surface area (TPSA) is 101 Å². The molecule has 2 fully saturated rings. The highest BCUT2D eigenvalue weighted by molar-refractivity contribution is 7.73. The van der Waals surface area contributed by atoms with E-state index in [1.807, 2.05) is 12.3 Å². The van der Waals surface area contributed by atoms with Crippen LogP contribution in [0.15, 0.2) is 49.1 Å². The zero-order valence-electron chi connectivity index (χ0n) is 22.4. The summed E-state index contributed by atoms with van der Waals surface area (Å²) in [6, 6.07) is 6.68. The Balaban J connectivity index is 1.10. The van der Waals surface area contributed by atoms with Crippen molar-refractivity contribution in [2.45, 2.75) is 56.0 Å². The Morgan fingerprint density at radius 1 is 1.02 bits per heavy atom. The van der Waals surface area contributed by atoms with Crippen molar-refractivity contribution < 1.29 is 26.3 Å². The fraction of sp³-hybridized carbons (Fsp3) is 0.483. The van der Waals surface area contributed by atoms with Crippen molar-refractivity contribution in [1.29, 1.82) is 0 Å². The summed E-state index contributed by atoms with van der Waals surface area (Å²) in [7, 11) is -2.67. The molecule has 41 heavy (non-hydrogen) atoms. The molecule has 0 bridgehead atoms. The van der Waals surface area contributed by atoms with E-state index in [4.69, 9.17) is 4.74 Å². The molecule has 0 spiro atoms. The minimum absolute atomic E-state index is 0.0315. The Kier molecular flexibility index (Phi) is 7.86. The van der Waals surface area contributed by atoms with Crippen LogP contribution in [0.5, 0.6) is 5.75 Å². The molecule has 1 aromatic carbocycles. The van der Waals surface area contributed by atoms with E-state index in [9.17, 15) is 21.6 Å². The summed E-state index contributed by atoms with van der Waals surface area (Å²) in [4.78, 5) is 18.8. The van der Waals surface area contributed by atoms with E-state index in [0.717, 1.165) is 78.3 Å². The number of pyridine rings is 1. The van der Waals surface area contributed by atoms with E-state index in [2.05, 4.69) is 24.8 Å². The fourth-order valence-electron chi connectivity index (χ4n) is 6.61. The number of benzene rings is 1. The summed E-state index contributed by atoms with van der Waals surface area (Å²) >= 11 is 0. The standard InChI is InChI=1S/C29H32F3N5O3S/c30-29(31,32)21-7-9-22(10-8-21)40-16-18-2-1-13-37(15-18)28(41(38)39)20-5-3-19(4-6-20)26-25-23-11-12-33-27(23)34-14-24(25)35-17-36-26/h7-12,14,17-20,28,41H,1-6,13,15-16H2,(H,33,34). The molecule has 1 aliphatic heterocycles. The minimum atomic E-state index is -4.39. The van der Waals surface area contributed by atoms with Crippen LogP contribution in [-0.4, -0.2) is 58.3 Å². The molecule has 6 rings (SSSR count). The van der Waals surface area contributed by atoms with Gasteiger partial charge in [0.15, 0.2) is 10.7 Å². The lowest BCUT2D eigenvalue weighted by Gasteiger charge is -2.41. The Morgan fingerprint density at radius 3 is 2.54 bits per heavy atom. The van der Waals surface area contributed by atoms with Crippen LogP contribution in [0, 0.1) is 11.8 Å². The number of fused-ring (bicyclic) bond motifs is 3. The maximum Gasteiger partial charge on any atom is 0.416 e. The number of hydrogen-bond donors (Lipinski definition) is 2. The number of rotatable bonds is 7. The van der Waals surface area contributed by atoms with Crippen molar-refractivity contribution in [3.05, 3.63) is 60.3 Å². The van der Waals surface area contributed by atoms with Gasteiger partial charge >= 0.3 is 6.18 Å². The lowest BCUT2D eigenvalue weighted by molar-refractivity contribution is -0.137. The van der Waals surface area contributed by atoms with E-state index in [-0.39, 0.29) is 17.8 Å². The van der Waals surface area contributed by atoms with Crippen molar-refractivity contribution in [2.75, 3.05) is 19.7 Å². The van der Waals surface area contributed by atoms with Crippen molar-refractivity contribution in [1.82, 2.24) is 24.8 Å². The summed E-state index contributed by atoms with van der Waals surface area (Å²) in [5, 5.41) is 1.47. The molecule has 2 unspecified atom stereocenters. The van der Waals surface area contributed by atoms with E-state index >= 15 is 0 Å². The smallest absolute Gasteiger partial charge is 0.416 e. The Labute approximate surface area is 237 Å². The van der Waals surface area contributed by atoms with Gasteiger partial charge < -0.3 is 9.72 Å². The van der Waals surface area contributed by atoms with Crippen molar-refractivity contribution >= 4 is 32.6 Å². The molecule has 218 valence electrons. The summed E-state index contributed by atoms with van der Waals surface area (Å²) in [6.07, 6.45) is 5.82. The number of aromatic nitrogens is 4. The van der Waals surface area contributed by atoms with Gasteiger partial charge in [-0.3, -0.25) is 4.90 Å². The molecule has 0 radical (unpaired) electrons. The molecular weight excluding hydrogens is 555 g/mol. The maximum absolute atomic E-state index is 12.8. The third-order valence-electron chi connectivity index (χ3n) is 8.60. The SMILES string of the molecule is O=[SH](=O)C(C1CCC(c2ncnc3cnc4[nH]ccc4c23)CC1)N1CCCC(COc2ccc(C(F)(F)F)cc2)C1. The van der Waals surface area contributed by atoms with Gasteiger partial charge in [0.25, 0.3) is 0 Å². The first-order chi connectivity index (χ1) is 19.8. The molecule has 1 saturated carbocycles. The average molecular weight is 588 g/mol. The highest BCUT2D eigenvalue weighted by atomic mass is 32.2. The first-order valence-electron chi connectivity index (χ1n) is 14.0. The Hall–Kier alpha value is -3.25. The van der Waals surface area contributed by atoms with Crippen molar-refractivity contribution in [3.63, 3.8) is 0 Å². The number of halogens is 3. The number of hydrogen-bond acceptors (Lipinski definition) is 7. The van der Waals surface area contributed by atoms with E-state index in [0.29, 0.717) is 25.4 Å². The highest BCUT2D eigenvalue weighted by Gasteiger charge is 2.37. The zero-order chi connectivity index (χ0) is 28.6. The first kappa shape index (κ1) is 27.9. The summed E-state index contributed by atoms with van der Waals surface area (Å²) in [5.41, 5.74) is 1.89. The number of nitrogens with zero attached hydrogens (tertiary/aromatic N) is 4. The summed E-state index contributed by atoms with van der Waals surface area (Å²) < 4.78 is 69.5. The lowest BCUT2D eigenvalue weighted by Crippen LogP contribution is -2.48. The number of aromatic amines is 1. The third-order valence-corrected chi connectivity index (χ3v) is 9.78. The second kappa shape index (κ2) is 11.6. The van der Waals surface area contributed by atoms with Gasteiger partial charge in [0.05, 0.1) is 29.6 Å². The van der Waals surface area contributed by atoms with Crippen LogP contribution in [0.25, 0.3) is 21.9 Å². The maximum atomic E-state index is 12.8. The van der Waals surface area contributed by atoms with Crippen LogP contribution in [-0.2, 0) is 16.9 Å². The van der Waals surface area contributed by atoms with E-state index < -0.39 is 27.8 Å². The number of H-pyrrole nitrogens is 1. The van der Waals surface area contributed by atoms with Gasteiger partial charge in [-0.15, -0.1) is 0 Å². The highest BCUT2D eigenvalue weighted by Crippen LogP contribution is 2.41. The van der Waals surface area contributed by atoms with Crippen LogP contribution in [0.4, 0.5) is 13.2 Å². The molecule has 2 aliphatic rings. The molecule has 4 aromatic rings. The normalized spacial score (nSPS) is 23.3. The molecule has 1 N–H and O–H groups in total. The molecule has 2 atom stereocenters. The molecule has 4 heterocycles. The summed E-state index contributed by atoms with van der Waals surface area (Å²) in [5.74, 6) is 0.729. The van der Waals surface area contributed by atoms with Crippen LogP contribution >= 0.6 is 0 Å². The summed E-state index contributed by atoms with van der Waals surface area (Å²) in [6.45, 7) is 1.63. The quantitative estimate of drug-likeness (QED) is 0.274. The Morgan fingerprint density at radius 2 is 1.80 bits per heavy atom. The number of thiol groups is 1. The Bertz CT molecular complexity index is 1570. The van der Waals surface area contributed by atoms with Crippen LogP contribution in [0.3, 0.4) is 0 Å². The largest absolute Gasteiger partial charge is 0.493 e. The van der Waals surface area contributed by atoms with Crippen molar-refractivity contribution in [2.24, 2.45) is 11.8 Å². The predicted octanol–water partition coefficient (Wildman–Crippen LogP) is 5.53. The van der Waals surface area contributed by atoms with Gasteiger partial charge in [-0.05, 0) is 81.3 Å². The van der Waals surface area contributed by atoms with Gasteiger partial charge in [0.1, 0.15) is 23.1 Å². The number of likely N-dealkylation sites (tertiary alicyclic amines) is 1. The fourth-order valence-corrected chi connectivity index (χ4v) is 7.73. The monoisotopic (exact) mass is 587 g/mol. The van der Waals surface area contributed by atoms with Gasteiger partial charge in [0.2, 0.25) is 0 Å². The zero-order valence-corrected chi connectivity index (χ0v) is 23.3. The average Bonchev–Trinajstić information content (AvgIpc) is 3.46. The van der Waals surface area contributed by atoms with Gasteiger partial charge in [-0.1, -0.05) is 0 Å². The molecule has 12 heteroatoms. The van der Waals surface area contributed by atoms with Crippen LogP contribution in [0.1, 0.15) is 55.7 Å². The van der Waals surface area contributed by atoms with Gasteiger partial charge in [0, 0.05) is 35.3 Å². The number of alkyl halides is 3.